The average molecular weight is 1100 g/mol. The van der Waals surface area contributed by atoms with Crippen LogP contribution in [0.5, 0.6) is 0 Å². The molecule has 3 aliphatic heterocycles. The van der Waals surface area contributed by atoms with Gasteiger partial charge in [0.05, 0.1) is 40.7 Å². The van der Waals surface area contributed by atoms with Gasteiger partial charge >= 0.3 is 21.3 Å². The van der Waals surface area contributed by atoms with E-state index >= 15 is 0 Å². The fourth-order valence-corrected chi connectivity index (χ4v) is 14.8. The topological polar surface area (TPSA) is 191 Å². The molecule has 0 bridgehead atoms. The molecule has 1 aromatic heterocycles. The summed E-state index contributed by atoms with van der Waals surface area (Å²) >= 11 is 7.98. The van der Waals surface area contributed by atoms with Gasteiger partial charge in [-0.3, -0.25) is 23.9 Å². The molecule has 16 nitrogen and oxygen atoms in total. The number of halogens is 1. The number of benzene rings is 5. The van der Waals surface area contributed by atoms with E-state index in [4.69, 9.17) is 20.6 Å². The molecular formula is C55H63ClN6O10P2S. The first-order valence-electron chi connectivity index (χ1n) is 25.3. The van der Waals surface area contributed by atoms with Crippen molar-refractivity contribution in [3.8, 4) is 22.4 Å². The molecule has 5 aromatic carbocycles. The van der Waals surface area contributed by atoms with E-state index in [2.05, 4.69) is 45.2 Å². The number of nitro benzene ring substituents is 1. The monoisotopic (exact) mass is 1100 g/mol. The van der Waals surface area contributed by atoms with Gasteiger partial charge in [-0.15, -0.1) is 11.8 Å². The second kappa shape index (κ2) is 23.4. The van der Waals surface area contributed by atoms with Crippen molar-refractivity contribution >= 4 is 72.7 Å². The van der Waals surface area contributed by atoms with E-state index in [1.54, 1.807) is 28.6 Å². The molecule has 0 aliphatic carbocycles. The molecule has 6 aromatic rings. The van der Waals surface area contributed by atoms with Gasteiger partial charge in [0, 0.05) is 101 Å². The predicted molar refractivity (Wildman–Crippen MR) is 298 cm³/mol. The van der Waals surface area contributed by atoms with Crippen molar-refractivity contribution in [1.82, 2.24) is 9.47 Å². The Labute approximate surface area is 447 Å². The van der Waals surface area contributed by atoms with Crippen molar-refractivity contribution in [3.05, 3.63) is 153 Å². The molecule has 396 valence electrons. The Balaban J connectivity index is 0.873. The van der Waals surface area contributed by atoms with Gasteiger partial charge in [0.25, 0.3) is 5.69 Å². The molecule has 2 atom stereocenters. The number of carboxylic acids is 1. The first kappa shape index (κ1) is 54.3. The highest BCUT2D eigenvalue weighted by atomic mass is 35.5. The van der Waals surface area contributed by atoms with Crippen LogP contribution in [0.1, 0.15) is 60.8 Å². The van der Waals surface area contributed by atoms with Crippen LogP contribution in [0.2, 0.25) is 5.02 Å². The second-order valence-electron chi connectivity index (χ2n) is 19.7. The highest BCUT2D eigenvalue weighted by molar-refractivity contribution is 7.99. The van der Waals surface area contributed by atoms with Crippen molar-refractivity contribution in [2.45, 2.75) is 63.5 Å². The largest absolute Gasteiger partial charge is 0.478 e. The number of aromatic carboxylic acids is 1. The molecule has 3 N–H and O–H groups in total. The summed E-state index contributed by atoms with van der Waals surface area (Å²) in [5, 5.41) is 24.2. The van der Waals surface area contributed by atoms with Crippen molar-refractivity contribution < 1.29 is 42.8 Å². The molecular weight excluding hydrogens is 1030 g/mol. The summed E-state index contributed by atoms with van der Waals surface area (Å²) < 4.78 is 41.1. The summed E-state index contributed by atoms with van der Waals surface area (Å²) in [7, 11) is -8.30. The van der Waals surface area contributed by atoms with Gasteiger partial charge in [-0.2, -0.15) is 0 Å². The lowest BCUT2D eigenvalue weighted by Crippen LogP contribution is -2.46. The van der Waals surface area contributed by atoms with Crippen LogP contribution in [-0.2, 0) is 24.6 Å². The fourth-order valence-electron chi connectivity index (χ4n) is 10.8. The number of aromatic nitrogens is 1. The second-order valence-corrected chi connectivity index (χ2v) is 24.7. The smallest absolute Gasteiger partial charge is 0.469 e. The van der Waals surface area contributed by atoms with Crippen molar-refractivity contribution in [3.63, 3.8) is 0 Å². The minimum Gasteiger partial charge on any atom is -0.478 e. The number of thioether (sulfide) groups is 1. The Hall–Kier alpha value is -5.45. The molecule has 0 spiro atoms. The lowest BCUT2D eigenvalue weighted by molar-refractivity contribution is -0.385. The number of carbonyl (C=O) groups is 1. The highest BCUT2D eigenvalue weighted by Gasteiger charge is 2.41. The van der Waals surface area contributed by atoms with E-state index in [1.165, 1.54) is 6.07 Å². The van der Waals surface area contributed by atoms with Gasteiger partial charge in [-0.05, 0) is 137 Å². The molecule has 3 saturated heterocycles. The third kappa shape index (κ3) is 12.5. The molecule has 4 heterocycles. The minimum absolute atomic E-state index is 0.00696. The number of hydrogen-bond donors (Lipinski definition) is 3. The zero-order valence-corrected chi connectivity index (χ0v) is 45.6. The molecule has 1 unspecified atom stereocenters. The number of rotatable bonds is 19. The van der Waals surface area contributed by atoms with E-state index in [0.29, 0.717) is 72.2 Å². The average Bonchev–Trinajstić information content (AvgIpc) is 3.96. The van der Waals surface area contributed by atoms with Crippen LogP contribution < -0.4 is 19.8 Å². The lowest BCUT2D eigenvalue weighted by atomic mass is 9.96. The van der Waals surface area contributed by atoms with Crippen LogP contribution in [0.15, 0.2) is 126 Å². The maximum absolute atomic E-state index is 14.9. The number of carboxylic acid groups (broad SMARTS) is 1. The van der Waals surface area contributed by atoms with E-state index < -0.39 is 32.3 Å². The number of phosphoric ester groups is 1. The van der Waals surface area contributed by atoms with Gasteiger partial charge in [0.1, 0.15) is 0 Å². The van der Waals surface area contributed by atoms with Gasteiger partial charge in [-0.1, -0.05) is 60.1 Å². The molecule has 9 rings (SSSR count). The molecule has 0 amide bonds. The quantitative estimate of drug-likeness (QED) is 0.0300. The van der Waals surface area contributed by atoms with Crippen molar-refractivity contribution in [2.24, 2.45) is 5.92 Å². The van der Waals surface area contributed by atoms with Crippen LogP contribution in [0.25, 0.3) is 22.4 Å². The molecule has 0 radical (unpaired) electrons. The molecule has 20 heteroatoms. The highest BCUT2D eigenvalue weighted by Crippen LogP contribution is 2.56. The van der Waals surface area contributed by atoms with Crippen LogP contribution in [0.4, 0.5) is 22.7 Å². The zero-order valence-electron chi connectivity index (χ0n) is 42.2. The number of nitrogens with zero attached hydrogens (tertiary/aromatic N) is 6. The Morgan fingerprint density at radius 1 is 0.853 bits per heavy atom. The van der Waals surface area contributed by atoms with Crippen molar-refractivity contribution in [1.29, 1.82) is 0 Å². The summed E-state index contributed by atoms with van der Waals surface area (Å²) in [6, 6.07) is 38.4. The standard InChI is InChI=1S/C55H63ClN6O10P2S/c1-38(2)61-39(3)52(55(63)64)53(54(61)41-12-15-44(56)16-13-41)43-8-7-9-47(35-43)59-30-28-58(29-31-59)45-17-19-46(20-18-45)60-32-33-71-73(60,67)49-21-14-42(51(36-49)62(65)66)34-40(37-75-50-10-5-4-6-11-50)22-25-57-26-23-48(24-27-57)72-74(68,69)70/h4-21,35-36,38,40,48H,22-34,37H2,1-3H3,(H,63,64)(H2,68,69,70)/t40-,73?/m0/s1. The summed E-state index contributed by atoms with van der Waals surface area (Å²) in [6.07, 6.45) is 1.68. The van der Waals surface area contributed by atoms with Gasteiger partial charge in [0.15, 0.2) is 0 Å². The fraction of sp³-hybridized carbons (Fsp3) is 0.364. The SMILES string of the molecule is Cc1c(C(=O)O)c(-c2cccc(N3CCN(c4ccc(N5CCOP5(=O)c5ccc(C[C@H](CCN6CCC(OP(=O)(O)O)CC6)CSc6ccccc6)c([N+](=O)[O-])c5)cc4)CC3)c2)c(-c2ccc(Cl)cc2)n1C(C)C. The van der Waals surface area contributed by atoms with E-state index in [1.807, 2.05) is 97.9 Å². The Morgan fingerprint density at radius 2 is 1.52 bits per heavy atom. The Bertz CT molecular complexity index is 3090. The van der Waals surface area contributed by atoms with E-state index in [9.17, 15) is 38.9 Å². The molecule has 3 aliphatic rings. The normalized spacial score (nSPS) is 18.3. The first-order valence-corrected chi connectivity index (χ1v) is 29.8. The van der Waals surface area contributed by atoms with Crippen LogP contribution in [-0.4, -0.2) is 106 Å². The van der Waals surface area contributed by atoms with Gasteiger partial charge in [0.2, 0.25) is 0 Å². The molecule has 75 heavy (non-hydrogen) atoms. The van der Waals surface area contributed by atoms with Gasteiger partial charge in [-0.25, -0.2) is 9.36 Å². The maximum atomic E-state index is 14.9. The summed E-state index contributed by atoms with van der Waals surface area (Å²) in [5.74, 6) is -0.211. The number of piperidine rings is 1. The van der Waals surface area contributed by atoms with Crippen molar-refractivity contribution in [2.75, 3.05) is 79.2 Å². The number of phosphoric acid groups is 1. The minimum atomic E-state index is -4.56. The predicted octanol–water partition coefficient (Wildman–Crippen LogP) is 11.6. The number of piperazine rings is 1. The van der Waals surface area contributed by atoms with Crippen LogP contribution in [0.3, 0.4) is 0 Å². The lowest BCUT2D eigenvalue weighted by Gasteiger charge is -2.37. The maximum Gasteiger partial charge on any atom is 0.469 e. The van der Waals surface area contributed by atoms with Crippen LogP contribution >= 0.6 is 38.7 Å². The van der Waals surface area contributed by atoms with Crippen LogP contribution in [0, 0.1) is 23.0 Å². The first-order chi connectivity index (χ1) is 36.0. The van der Waals surface area contributed by atoms with Gasteiger partial charge < -0.3 is 38.7 Å². The Morgan fingerprint density at radius 3 is 2.16 bits per heavy atom. The van der Waals surface area contributed by atoms with E-state index in [-0.39, 0.29) is 35.1 Å². The zero-order chi connectivity index (χ0) is 53.0. The summed E-state index contributed by atoms with van der Waals surface area (Å²) in [4.78, 5) is 51.8. The summed E-state index contributed by atoms with van der Waals surface area (Å²) in [5.41, 5.74) is 7.35. The van der Waals surface area contributed by atoms with E-state index in [0.717, 1.165) is 72.2 Å². The number of likely N-dealkylation sites (tertiary alicyclic amines) is 1. The molecule has 3 fully saturated rings. The number of anilines is 3. The number of hydrogen-bond acceptors (Lipinski definition) is 11. The third-order valence-corrected chi connectivity index (χ3v) is 19.1. The third-order valence-electron chi connectivity index (χ3n) is 14.5. The molecule has 0 saturated carbocycles. The summed E-state index contributed by atoms with van der Waals surface area (Å²) in [6.45, 7) is 11.4. The Kier molecular flexibility index (Phi) is 17.0. The number of nitro groups is 1.